The van der Waals surface area contributed by atoms with Gasteiger partial charge in [-0.1, -0.05) is 46.3 Å². The SMILES string of the molecule is Cc1c(C=O)c2ccccc2n1Cc1ccc(Br)cc1. The van der Waals surface area contributed by atoms with Crippen molar-refractivity contribution in [3.63, 3.8) is 0 Å². The number of carbonyl (C=O) groups is 1. The van der Waals surface area contributed by atoms with E-state index in [9.17, 15) is 4.79 Å². The quantitative estimate of drug-likeness (QED) is 0.646. The summed E-state index contributed by atoms with van der Waals surface area (Å²) in [7, 11) is 0. The molecule has 3 rings (SSSR count). The van der Waals surface area contributed by atoms with E-state index in [2.05, 4.69) is 38.7 Å². The Morgan fingerprint density at radius 3 is 2.50 bits per heavy atom. The average Bonchev–Trinajstić information content (AvgIpc) is 2.74. The van der Waals surface area contributed by atoms with Gasteiger partial charge < -0.3 is 4.57 Å². The van der Waals surface area contributed by atoms with E-state index in [0.717, 1.165) is 39.5 Å². The molecule has 3 aromatic rings. The minimum atomic E-state index is 0.771. The van der Waals surface area contributed by atoms with Crippen molar-refractivity contribution >= 4 is 33.1 Å². The molecule has 0 saturated carbocycles. The van der Waals surface area contributed by atoms with Crippen molar-refractivity contribution in [2.24, 2.45) is 0 Å². The molecule has 0 N–H and O–H groups in total. The van der Waals surface area contributed by atoms with Gasteiger partial charge >= 0.3 is 0 Å². The predicted octanol–water partition coefficient (Wildman–Crippen LogP) is 4.57. The maximum Gasteiger partial charge on any atom is 0.152 e. The minimum absolute atomic E-state index is 0.771. The van der Waals surface area contributed by atoms with Gasteiger partial charge in [0, 0.05) is 33.2 Å². The van der Waals surface area contributed by atoms with Crippen LogP contribution >= 0.6 is 15.9 Å². The first-order valence-electron chi connectivity index (χ1n) is 6.48. The Morgan fingerprint density at radius 2 is 1.80 bits per heavy atom. The first-order chi connectivity index (χ1) is 9.70. The van der Waals surface area contributed by atoms with Crippen molar-refractivity contribution in [1.82, 2.24) is 4.57 Å². The van der Waals surface area contributed by atoms with Crippen LogP contribution in [0.15, 0.2) is 53.0 Å². The fourth-order valence-electron chi connectivity index (χ4n) is 2.58. The summed E-state index contributed by atoms with van der Waals surface area (Å²) in [5.74, 6) is 0. The summed E-state index contributed by atoms with van der Waals surface area (Å²) in [5.41, 5.74) is 4.13. The number of rotatable bonds is 3. The number of carbonyl (C=O) groups excluding carboxylic acids is 1. The fourth-order valence-corrected chi connectivity index (χ4v) is 2.85. The Labute approximate surface area is 126 Å². The molecule has 2 aromatic carbocycles. The number of para-hydroxylation sites is 1. The third-order valence-corrected chi connectivity index (χ3v) is 4.18. The summed E-state index contributed by atoms with van der Waals surface area (Å²) in [6.45, 7) is 2.77. The number of benzene rings is 2. The van der Waals surface area contributed by atoms with Crippen LogP contribution in [0.4, 0.5) is 0 Å². The minimum Gasteiger partial charge on any atom is -0.340 e. The van der Waals surface area contributed by atoms with E-state index in [1.807, 2.05) is 37.3 Å². The highest BCUT2D eigenvalue weighted by Crippen LogP contribution is 2.25. The number of hydrogen-bond donors (Lipinski definition) is 0. The van der Waals surface area contributed by atoms with Crippen molar-refractivity contribution in [3.05, 3.63) is 69.8 Å². The van der Waals surface area contributed by atoms with Gasteiger partial charge in [0.15, 0.2) is 6.29 Å². The molecule has 3 heteroatoms. The lowest BCUT2D eigenvalue weighted by Crippen LogP contribution is -2.02. The van der Waals surface area contributed by atoms with E-state index in [-0.39, 0.29) is 0 Å². The standard InChI is InChI=1S/C17H14BrNO/c1-12-16(11-20)15-4-2-3-5-17(15)19(12)10-13-6-8-14(18)9-7-13/h2-9,11H,10H2,1H3. The highest BCUT2D eigenvalue weighted by molar-refractivity contribution is 9.10. The zero-order chi connectivity index (χ0) is 14.1. The molecule has 100 valence electrons. The van der Waals surface area contributed by atoms with E-state index in [1.165, 1.54) is 5.56 Å². The van der Waals surface area contributed by atoms with Gasteiger partial charge in [-0.3, -0.25) is 4.79 Å². The molecule has 0 aliphatic rings. The van der Waals surface area contributed by atoms with E-state index in [1.54, 1.807) is 0 Å². The Balaban J connectivity index is 2.13. The lowest BCUT2D eigenvalue weighted by atomic mass is 10.1. The molecule has 2 nitrogen and oxygen atoms in total. The summed E-state index contributed by atoms with van der Waals surface area (Å²) in [6, 6.07) is 16.3. The Kier molecular flexibility index (Phi) is 3.45. The summed E-state index contributed by atoms with van der Waals surface area (Å²) in [6.07, 6.45) is 0.954. The number of fused-ring (bicyclic) bond motifs is 1. The number of hydrogen-bond acceptors (Lipinski definition) is 1. The molecule has 0 unspecified atom stereocenters. The molecular formula is C17H14BrNO. The lowest BCUT2D eigenvalue weighted by molar-refractivity contribution is 0.112. The van der Waals surface area contributed by atoms with Gasteiger partial charge in [0.05, 0.1) is 0 Å². The highest BCUT2D eigenvalue weighted by atomic mass is 79.9. The van der Waals surface area contributed by atoms with Crippen LogP contribution in [-0.4, -0.2) is 10.9 Å². The maximum absolute atomic E-state index is 11.3. The van der Waals surface area contributed by atoms with Gasteiger partial charge in [-0.2, -0.15) is 0 Å². The molecule has 0 spiro atoms. The molecule has 1 aromatic heterocycles. The van der Waals surface area contributed by atoms with Crippen molar-refractivity contribution in [2.75, 3.05) is 0 Å². The monoisotopic (exact) mass is 327 g/mol. The normalized spacial score (nSPS) is 10.9. The smallest absolute Gasteiger partial charge is 0.152 e. The molecule has 0 radical (unpaired) electrons. The van der Waals surface area contributed by atoms with Crippen LogP contribution in [0.5, 0.6) is 0 Å². The van der Waals surface area contributed by atoms with Gasteiger partial charge in [-0.15, -0.1) is 0 Å². The lowest BCUT2D eigenvalue weighted by Gasteiger charge is -2.08. The number of nitrogens with zero attached hydrogens (tertiary/aromatic N) is 1. The topological polar surface area (TPSA) is 22.0 Å². The molecule has 0 fully saturated rings. The molecule has 0 atom stereocenters. The second-order valence-electron chi connectivity index (χ2n) is 4.85. The molecular weight excluding hydrogens is 314 g/mol. The number of aromatic nitrogens is 1. The molecule has 0 amide bonds. The third-order valence-electron chi connectivity index (χ3n) is 3.65. The Morgan fingerprint density at radius 1 is 1.10 bits per heavy atom. The largest absolute Gasteiger partial charge is 0.340 e. The van der Waals surface area contributed by atoms with Crippen LogP contribution in [0.1, 0.15) is 21.6 Å². The number of aldehydes is 1. The molecule has 1 heterocycles. The van der Waals surface area contributed by atoms with Gasteiger partial charge in [-0.25, -0.2) is 0 Å². The Bertz CT molecular complexity index is 772. The van der Waals surface area contributed by atoms with Gasteiger partial charge in [0.1, 0.15) is 0 Å². The summed E-state index contributed by atoms with van der Waals surface area (Å²) >= 11 is 3.45. The molecule has 0 saturated heterocycles. The summed E-state index contributed by atoms with van der Waals surface area (Å²) < 4.78 is 3.27. The molecule has 0 aliphatic carbocycles. The first kappa shape index (κ1) is 13.1. The zero-order valence-corrected chi connectivity index (χ0v) is 12.7. The fraction of sp³-hybridized carbons (Fsp3) is 0.118. The second-order valence-corrected chi connectivity index (χ2v) is 5.76. The van der Waals surface area contributed by atoms with Crippen molar-refractivity contribution in [3.8, 4) is 0 Å². The van der Waals surface area contributed by atoms with Crippen molar-refractivity contribution < 1.29 is 4.79 Å². The average molecular weight is 328 g/mol. The van der Waals surface area contributed by atoms with Crippen LogP contribution < -0.4 is 0 Å². The summed E-state index contributed by atoms with van der Waals surface area (Å²) in [4.78, 5) is 11.3. The van der Waals surface area contributed by atoms with Crippen molar-refractivity contribution in [2.45, 2.75) is 13.5 Å². The van der Waals surface area contributed by atoms with Gasteiger partial charge in [0.25, 0.3) is 0 Å². The highest BCUT2D eigenvalue weighted by Gasteiger charge is 2.12. The van der Waals surface area contributed by atoms with Crippen LogP contribution in [0.2, 0.25) is 0 Å². The van der Waals surface area contributed by atoms with Crippen LogP contribution in [0.3, 0.4) is 0 Å². The maximum atomic E-state index is 11.3. The Hall–Kier alpha value is -1.87. The van der Waals surface area contributed by atoms with Crippen LogP contribution in [0, 0.1) is 6.92 Å². The van der Waals surface area contributed by atoms with E-state index < -0.39 is 0 Å². The van der Waals surface area contributed by atoms with Crippen LogP contribution in [0.25, 0.3) is 10.9 Å². The van der Waals surface area contributed by atoms with E-state index in [4.69, 9.17) is 0 Å². The zero-order valence-electron chi connectivity index (χ0n) is 11.1. The van der Waals surface area contributed by atoms with Crippen LogP contribution in [-0.2, 0) is 6.54 Å². The molecule has 20 heavy (non-hydrogen) atoms. The first-order valence-corrected chi connectivity index (χ1v) is 7.27. The van der Waals surface area contributed by atoms with Gasteiger partial charge in [-0.05, 0) is 30.7 Å². The molecule has 0 bridgehead atoms. The van der Waals surface area contributed by atoms with Crippen molar-refractivity contribution in [1.29, 1.82) is 0 Å². The third kappa shape index (κ3) is 2.18. The summed E-state index contributed by atoms with van der Waals surface area (Å²) in [5, 5.41) is 1.03. The predicted molar refractivity (Wildman–Crippen MR) is 85.3 cm³/mol. The molecule has 0 aliphatic heterocycles. The second kappa shape index (κ2) is 5.25. The van der Waals surface area contributed by atoms with E-state index in [0.29, 0.717) is 0 Å². The van der Waals surface area contributed by atoms with E-state index >= 15 is 0 Å². The number of halogens is 1. The van der Waals surface area contributed by atoms with Gasteiger partial charge in [0.2, 0.25) is 0 Å².